The summed E-state index contributed by atoms with van der Waals surface area (Å²) in [5.41, 5.74) is 2.83. The van der Waals surface area contributed by atoms with Gasteiger partial charge in [0.2, 0.25) is 0 Å². The Morgan fingerprint density at radius 3 is 3.17 bits per heavy atom. The highest BCUT2D eigenvalue weighted by molar-refractivity contribution is 14.1. The van der Waals surface area contributed by atoms with Gasteiger partial charge in [0.25, 0.3) is 0 Å². The standard InChI is InChI=1S/C10H12IN/c1-7-5-6-8-9(11)3-2-4-10(8)12-7/h2-4,7,12H,5-6H2,1H3/t7-/m0/s1. The summed E-state index contributed by atoms with van der Waals surface area (Å²) in [6, 6.07) is 7.10. The minimum atomic E-state index is 0.635. The maximum atomic E-state index is 3.50. The van der Waals surface area contributed by atoms with E-state index in [2.05, 4.69) is 53.0 Å². The van der Waals surface area contributed by atoms with Crippen LogP contribution in [-0.2, 0) is 6.42 Å². The van der Waals surface area contributed by atoms with Crippen molar-refractivity contribution in [1.82, 2.24) is 0 Å². The largest absolute Gasteiger partial charge is 0.382 e. The van der Waals surface area contributed by atoms with Crippen molar-refractivity contribution in [2.24, 2.45) is 0 Å². The summed E-state index contributed by atoms with van der Waals surface area (Å²) >= 11 is 2.41. The Kier molecular flexibility index (Phi) is 2.26. The first-order valence-electron chi connectivity index (χ1n) is 4.31. The van der Waals surface area contributed by atoms with Gasteiger partial charge in [-0.2, -0.15) is 0 Å². The number of fused-ring (bicyclic) bond motifs is 1. The van der Waals surface area contributed by atoms with Gasteiger partial charge in [-0.3, -0.25) is 0 Å². The van der Waals surface area contributed by atoms with Crippen LogP contribution in [-0.4, -0.2) is 6.04 Å². The molecule has 1 aromatic rings. The third-order valence-electron chi connectivity index (χ3n) is 2.35. The van der Waals surface area contributed by atoms with Crippen LogP contribution in [0.1, 0.15) is 18.9 Å². The van der Waals surface area contributed by atoms with Crippen molar-refractivity contribution >= 4 is 28.3 Å². The Morgan fingerprint density at radius 2 is 2.33 bits per heavy atom. The van der Waals surface area contributed by atoms with Gasteiger partial charge in [0.1, 0.15) is 0 Å². The van der Waals surface area contributed by atoms with Gasteiger partial charge < -0.3 is 5.32 Å². The zero-order valence-corrected chi connectivity index (χ0v) is 9.26. The molecule has 1 atom stereocenters. The second kappa shape index (κ2) is 3.24. The van der Waals surface area contributed by atoms with E-state index in [4.69, 9.17) is 0 Å². The summed E-state index contributed by atoms with van der Waals surface area (Å²) in [6.45, 7) is 2.24. The monoisotopic (exact) mass is 273 g/mol. The van der Waals surface area contributed by atoms with E-state index in [0.29, 0.717) is 6.04 Å². The summed E-state index contributed by atoms with van der Waals surface area (Å²) < 4.78 is 1.39. The van der Waals surface area contributed by atoms with Crippen LogP contribution in [0.15, 0.2) is 18.2 Å². The van der Waals surface area contributed by atoms with Gasteiger partial charge in [-0.05, 0) is 60.1 Å². The van der Waals surface area contributed by atoms with Gasteiger partial charge in [0, 0.05) is 15.3 Å². The average Bonchev–Trinajstić information content (AvgIpc) is 2.04. The predicted octanol–water partition coefficient (Wildman–Crippen LogP) is 3.04. The Morgan fingerprint density at radius 1 is 1.50 bits per heavy atom. The van der Waals surface area contributed by atoms with Gasteiger partial charge >= 0.3 is 0 Å². The highest BCUT2D eigenvalue weighted by Crippen LogP contribution is 2.28. The number of nitrogens with one attached hydrogen (secondary N) is 1. The lowest BCUT2D eigenvalue weighted by molar-refractivity contribution is 0.679. The van der Waals surface area contributed by atoms with Crippen LogP contribution in [0.25, 0.3) is 0 Å². The topological polar surface area (TPSA) is 12.0 Å². The Balaban J connectivity index is 2.42. The smallest absolute Gasteiger partial charge is 0.0385 e. The third kappa shape index (κ3) is 1.44. The molecule has 64 valence electrons. The highest BCUT2D eigenvalue weighted by atomic mass is 127. The summed E-state index contributed by atoms with van der Waals surface area (Å²) in [5.74, 6) is 0. The Hall–Kier alpha value is -0.250. The molecule has 1 nitrogen and oxygen atoms in total. The second-order valence-electron chi connectivity index (χ2n) is 3.35. The zero-order valence-electron chi connectivity index (χ0n) is 7.10. The molecular formula is C10H12IN. The molecule has 2 heteroatoms. The molecular weight excluding hydrogens is 261 g/mol. The minimum Gasteiger partial charge on any atom is -0.382 e. The molecule has 1 N–H and O–H groups in total. The number of rotatable bonds is 0. The van der Waals surface area contributed by atoms with E-state index in [1.165, 1.54) is 27.7 Å². The number of benzene rings is 1. The Labute approximate surface area is 86.7 Å². The van der Waals surface area contributed by atoms with E-state index in [0.717, 1.165) is 0 Å². The zero-order chi connectivity index (χ0) is 8.55. The van der Waals surface area contributed by atoms with E-state index in [9.17, 15) is 0 Å². The first-order chi connectivity index (χ1) is 5.77. The Bertz CT molecular complexity index is 296. The summed E-state index contributed by atoms with van der Waals surface area (Å²) in [5, 5.41) is 3.50. The number of anilines is 1. The first-order valence-corrected chi connectivity index (χ1v) is 5.39. The molecule has 1 aliphatic heterocycles. The fourth-order valence-electron chi connectivity index (χ4n) is 1.65. The van der Waals surface area contributed by atoms with E-state index >= 15 is 0 Å². The number of hydrogen-bond acceptors (Lipinski definition) is 1. The maximum Gasteiger partial charge on any atom is 0.0385 e. The van der Waals surface area contributed by atoms with Crippen LogP contribution in [0.2, 0.25) is 0 Å². The maximum absolute atomic E-state index is 3.50. The molecule has 0 bridgehead atoms. The molecule has 0 aliphatic carbocycles. The van der Waals surface area contributed by atoms with E-state index in [1.54, 1.807) is 0 Å². The van der Waals surface area contributed by atoms with Crippen molar-refractivity contribution < 1.29 is 0 Å². The summed E-state index contributed by atoms with van der Waals surface area (Å²) in [6.07, 6.45) is 2.48. The van der Waals surface area contributed by atoms with Crippen molar-refractivity contribution in [2.45, 2.75) is 25.8 Å². The van der Waals surface area contributed by atoms with Crippen molar-refractivity contribution in [1.29, 1.82) is 0 Å². The molecule has 2 rings (SSSR count). The quantitative estimate of drug-likeness (QED) is 0.716. The molecule has 0 saturated heterocycles. The average molecular weight is 273 g/mol. The lowest BCUT2D eigenvalue weighted by Gasteiger charge is -2.24. The summed E-state index contributed by atoms with van der Waals surface area (Å²) in [4.78, 5) is 0. The van der Waals surface area contributed by atoms with Crippen LogP contribution in [0, 0.1) is 3.57 Å². The molecule has 0 fully saturated rings. The molecule has 12 heavy (non-hydrogen) atoms. The molecule has 0 amide bonds. The normalized spacial score (nSPS) is 21.3. The third-order valence-corrected chi connectivity index (χ3v) is 3.36. The molecule has 0 saturated carbocycles. The van der Waals surface area contributed by atoms with Crippen LogP contribution in [0.4, 0.5) is 5.69 Å². The van der Waals surface area contributed by atoms with Crippen LogP contribution >= 0.6 is 22.6 Å². The fourth-order valence-corrected chi connectivity index (χ4v) is 2.41. The molecule has 1 aliphatic rings. The first kappa shape index (κ1) is 8.35. The van der Waals surface area contributed by atoms with E-state index < -0.39 is 0 Å². The SMILES string of the molecule is C[C@H]1CCc2c(I)cccc2N1. The van der Waals surface area contributed by atoms with Crippen molar-refractivity contribution in [3.05, 3.63) is 27.3 Å². The van der Waals surface area contributed by atoms with E-state index in [-0.39, 0.29) is 0 Å². The fraction of sp³-hybridized carbons (Fsp3) is 0.400. The minimum absolute atomic E-state index is 0.635. The van der Waals surface area contributed by atoms with E-state index in [1.807, 2.05) is 0 Å². The van der Waals surface area contributed by atoms with Crippen LogP contribution in [0.3, 0.4) is 0 Å². The molecule has 0 spiro atoms. The van der Waals surface area contributed by atoms with Crippen LogP contribution in [0.5, 0.6) is 0 Å². The number of halogens is 1. The second-order valence-corrected chi connectivity index (χ2v) is 4.51. The number of hydrogen-bond donors (Lipinski definition) is 1. The van der Waals surface area contributed by atoms with Gasteiger partial charge in [0.15, 0.2) is 0 Å². The van der Waals surface area contributed by atoms with Gasteiger partial charge in [-0.1, -0.05) is 6.07 Å². The van der Waals surface area contributed by atoms with Gasteiger partial charge in [0.05, 0.1) is 0 Å². The molecule has 0 unspecified atom stereocenters. The van der Waals surface area contributed by atoms with Crippen LogP contribution < -0.4 is 5.32 Å². The predicted molar refractivity (Wildman–Crippen MR) is 60.6 cm³/mol. The van der Waals surface area contributed by atoms with Crippen molar-refractivity contribution in [3.63, 3.8) is 0 Å². The van der Waals surface area contributed by atoms with Crippen molar-refractivity contribution in [3.8, 4) is 0 Å². The van der Waals surface area contributed by atoms with Crippen molar-refractivity contribution in [2.75, 3.05) is 5.32 Å². The molecule has 0 aromatic heterocycles. The lowest BCUT2D eigenvalue weighted by Crippen LogP contribution is -2.22. The highest BCUT2D eigenvalue weighted by Gasteiger charge is 2.14. The molecule has 0 radical (unpaired) electrons. The molecule has 1 aromatic carbocycles. The van der Waals surface area contributed by atoms with Gasteiger partial charge in [-0.15, -0.1) is 0 Å². The summed E-state index contributed by atoms with van der Waals surface area (Å²) in [7, 11) is 0. The lowest BCUT2D eigenvalue weighted by atomic mass is 9.99. The van der Waals surface area contributed by atoms with Gasteiger partial charge in [-0.25, -0.2) is 0 Å². The molecule has 1 heterocycles.